The van der Waals surface area contributed by atoms with E-state index in [1.807, 2.05) is 31.2 Å². The molecule has 0 radical (unpaired) electrons. The maximum Gasteiger partial charge on any atom is 0.303 e. The van der Waals surface area contributed by atoms with E-state index in [2.05, 4.69) is 61.5 Å². The van der Waals surface area contributed by atoms with Crippen LogP contribution in [0, 0.1) is 0 Å². The van der Waals surface area contributed by atoms with Gasteiger partial charge >= 0.3 is 5.97 Å². The van der Waals surface area contributed by atoms with Gasteiger partial charge in [-0.15, -0.1) is 0 Å². The van der Waals surface area contributed by atoms with Gasteiger partial charge in [0.25, 0.3) is 0 Å². The Bertz CT molecular complexity index is 853. The first kappa shape index (κ1) is 23.2. The zero-order valence-electron chi connectivity index (χ0n) is 18.0. The summed E-state index contributed by atoms with van der Waals surface area (Å²) in [6.45, 7) is 4.84. The van der Waals surface area contributed by atoms with Crippen molar-refractivity contribution in [2.24, 2.45) is 0 Å². The molecule has 0 amide bonds. The molecule has 0 bridgehead atoms. The van der Waals surface area contributed by atoms with E-state index >= 15 is 0 Å². The number of rotatable bonds is 9. The van der Waals surface area contributed by atoms with Crippen molar-refractivity contribution < 1.29 is 14.6 Å². The summed E-state index contributed by atoms with van der Waals surface area (Å²) in [5, 5.41) is 8.63. The Morgan fingerprint density at radius 1 is 0.767 bits per heavy atom. The molecule has 0 aromatic heterocycles. The summed E-state index contributed by atoms with van der Waals surface area (Å²) in [6.07, 6.45) is 4.15. The molecular formula is C27H32O3. The molecule has 3 rings (SSSR count). The summed E-state index contributed by atoms with van der Waals surface area (Å²) in [5.41, 5.74) is 4.92. The van der Waals surface area contributed by atoms with Gasteiger partial charge in [0.15, 0.2) is 0 Å². The van der Waals surface area contributed by atoms with Gasteiger partial charge < -0.3 is 9.84 Å². The molecule has 0 aliphatic rings. The largest absolute Gasteiger partial charge is 0.494 e. The molecule has 1 N–H and O–H groups in total. The van der Waals surface area contributed by atoms with Crippen molar-refractivity contribution in [1.29, 1.82) is 0 Å². The highest BCUT2D eigenvalue weighted by Crippen LogP contribution is 2.23. The Hall–Kier alpha value is -3.07. The van der Waals surface area contributed by atoms with E-state index in [1.54, 1.807) is 0 Å². The van der Waals surface area contributed by atoms with Crippen LogP contribution in [-0.2, 0) is 17.6 Å². The van der Waals surface area contributed by atoms with Crippen LogP contribution in [0.3, 0.4) is 0 Å². The lowest BCUT2D eigenvalue weighted by Crippen LogP contribution is -1.95. The van der Waals surface area contributed by atoms with Crippen LogP contribution in [0.1, 0.15) is 44.2 Å². The van der Waals surface area contributed by atoms with Gasteiger partial charge in [0.05, 0.1) is 6.61 Å². The van der Waals surface area contributed by atoms with Crippen molar-refractivity contribution in [2.75, 3.05) is 6.61 Å². The van der Waals surface area contributed by atoms with Gasteiger partial charge in [0.1, 0.15) is 5.75 Å². The number of ether oxygens (including phenoxy) is 1. The van der Waals surface area contributed by atoms with Crippen molar-refractivity contribution in [3.05, 3.63) is 90.0 Å². The van der Waals surface area contributed by atoms with E-state index in [4.69, 9.17) is 9.84 Å². The van der Waals surface area contributed by atoms with Crippen LogP contribution in [-0.4, -0.2) is 17.7 Å². The van der Waals surface area contributed by atoms with Crippen molar-refractivity contribution >= 4 is 5.97 Å². The molecule has 0 unspecified atom stereocenters. The summed E-state index contributed by atoms with van der Waals surface area (Å²) in [7, 11) is 0. The molecule has 0 fully saturated rings. The monoisotopic (exact) mass is 404 g/mol. The van der Waals surface area contributed by atoms with Crippen molar-refractivity contribution in [3.8, 4) is 16.9 Å². The van der Waals surface area contributed by atoms with Gasteiger partial charge in [-0.25, -0.2) is 0 Å². The minimum Gasteiger partial charge on any atom is -0.494 e. The number of aryl methyl sites for hydroxylation is 2. The summed E-state index contributed by atoms with van der Waals surface area (Å²) >= 11 is 0. The van der Waals surface area contributed by atoms with E-state index in [-0.39, 0.29) is 6.42 Å². The number of benzene rings is 3. The van der Waals surface area contributed by atoms with Gasteiger partial charge in [0, 0.05) is 6.42 Å². The number of hydrogen-bond acceptors (Lipinski definition) is 2. The fraction of sp³-hybridized carbons (Fsp3) is 0.296. The number of carboxylic acid groups (broad SMARTS) is 1. The van der Waals surface area contributed by atoms with Gasteiger partial charge in [-0.05, 0) is 60.6 Å². The Kier molecular flexibility index (Phi) is 10.2. The Morgan fingerprint density at radius 2 is 1.33 bits per heavy atom. The van der Waals surface area contributed by atoms with Gasteiger partial charge in [-0.3, -0.25) is 4.79 Å². The van der Waals surface area contributed by atoms with Crippen LogP contribution in [0.4, 0.5) is 0 Å². The average molecular weight is 405 g/mol. The fourth-order valence-corrected chi connectivity index (χ4v) is 3.15. The number of hydrogen-bond donors (Lipinski definition) is 1. The molecular weight excluding hydrogens is 372 g/mol. The third kappa shape index (κ3) is 8.52. The van der Waals surface area contributed by atoms with Gasteiger partial charge in [-0.1, -0.05) is 80.1 Å². The predicted molar refractivity (Wildman–Crippen MR) is 124 cm³/mol. The number of carbonyl (C=O) groups is 1. The quantitative estimate of drug-likeness (QED) is 0.427. The highest BCUT2D eigenvalue weighted by atomic mass is 16.5. The zero-order valence-corrected chi connectivity index (χ0v) is 18.0. The predicted octanol–water partition coefficient (Wildman–Crippen LogP) is 6.80. The third-order valence-corrected chi connectivity index (χ3v) is 4.69. The molecule has 0 aliphatic carbocycles. The first-order chi connectivity index (χ1) is 14.6. The lowest BCUT2D eigenvalue weighted by Gasteiger charge is -2.06. The van der Waals surface area contributed by atoms with Crippen molar-refractivity contribution in [3.63, 3.8) is 0 Å². The summed E-state index contributed by atoms with van der Waals surface area (Å²) in [4.78, 5) is 10.5. The van der Waals surface area contributed by atoms with Crippen LogP contribution in [0.5, 0.6) is 5.75 Å². The molecule has 0 saturated heterocycles. The molecule has 0 spiro atoms. The number of aliphatic carboxylic acids is 1. The summed E-state index contributed by atoms with van der Waals surface area (Å²) < 4.78 is 5.43. The van der Waals surface area contributed by atoms with E-state index in [9.17, 15) is 4.79 Å². The van der Waals surface area contributed by atoms with E-state index in [0.29, 0.717) is 13.0 Å². The lowest BCUT2D eigenvalue weighted by atomic mass is 10.0. The molecule has 3 aromatic carbocycles. The average Bonchev–Trinajstić information content (AvgIpc) is 2.76. The molecule has 3 aromatic rings. The van der Waals surface area contributed by atoms with Crippen LogP contribution in [0.15, 0.2) is 78.9 Å². The maximum atomic E-state index is 10.5. The smallest absolute Gasteiger partial charge is 0.303 e. The molecule has 3 nitrogen and oxygen atoms in total. The highest BCUT2D eigenvalue weighted by Gasteiger charge is 2.01. The van der Waals surface area contributed by atoms with Crippen LogP contribution in [0.25, 0.3) is 11.1 Å². The first-order valence-electron chi connectivity index (χ1n) is 10.7. The van der Waals surface area contributed by atoms with Crippen molar-refractivity contribution in [2.45, 2.75) is 46.0 Å². The molecule has 0 heterocycles. The molecule has 0 atom stereocenters. The Balaban J connectivity index is 0.000000297. The third-order valence-electron chi connectivity index (χ3n) is 4.69. The second kappa shape index (κ2) is 13.2. The molecule has 0 aliphatic heterocycles. The van der Waals surface area contributed by atoms with Gasteiger partial charge in [-0.2, -0.15) is 0 Å². The van der Waals surface area contributed by atoms with Crippen LogP contribution >= 0.6 is 0 Å². The lowest BCUT2D eigenvalue weighted by molar-refractivity contribution is -0.137. The summed E-state index contributed by atoms with van der Waals surface area (Å²) in [6, 6.07) is 26.9. The van der Waals surface area contributed by atoms with E-state index < -0.39 is 5.97 Å². The Labute approximate surface area is 180 Å². The minimum absolute atomic E-state index is 0.223. The topological polar surface area (TPSA) is 46.5 Å². The van der Waals surface area contributed by atoms with Crippen LogP contribution in [0.2, 0.25) is 0 Å². The SMILES string of the molecule is CCCc1ccccc1.CCOc1ccc(-c2ccc(CCCC(=O)O)cc2)cc1. The van der Waals surface area contributed by atoms with Crippen molar-refractivity contribution in [1.82, 2.24) is 0 Å². The molecule has 30 heavy (non-hydrogen) atoms. The standard InChI is InChI=1S/C18H20O3.C9H12/c1-2-21-17-12-10-16(11-13-17)15-8-6-14(7-9-15)4-3-5-18(19)20;1-2-6-9-7-4-3-5-8-9/h6-13H,2-5H2,1H3,(H,19,20);3-5,7-8H,2,6H2,1H3. The Morgan fingerprint density at radius 3 is 1.87 bits per heavy atom. The first-order valence-corrected chi connectivity index (χ1v) is 10.7. The van der Waals surface area contributed by atoms with Gasteiger partial charge in [0.2, 0.25) is 0 Å². The fourth-order valence-electron chi connectivity index (χ4n) is 3.15. The minimum atomic E-state index is -0.735. The molecule has 158 valence electrons. The number of carboxylic acids is 1. The maximum absolute atomic E-state index is 10.5. The zero-order chi connectivity index (χ0) is 21.6. The normalized spacial score (nSPS) is 10.1. The summed E-state index contributed by atoms with van der Waals surface area (Å²) in [5.74, 6) is 0.146. The second-order valence-corrected chi connectivity index (χ2v) is 7.14. The molecule has 3 heteroatoms. The molecule has 0 saturated carbocycles. The van der Waals surface area contributed by atoms with E-state index in [0.717, 1.165) is 23.3 Å². The highest BCUT2D eigenvalue weighted by molar-refractivity contribution is 5.66. The second-order valence-electron chi connectivity index (χ2n) is 7.14. The van der Waals surface area contributed by atoms with E-state index in [1.165, 1.54) is 24.0 Å². The van der Waals surface area contributed by atoms with Crippen LogP contribution < -0.4 is 4.74 Å².